The number of aliphatic hydroxyl groups excluding tert-OH is 1. The van der Waals surface area contributed by atoms with Crippen molar-refractivity contribution in [2.75, 3.05) is 6.61 Å². The summed E-state index contributed by atoms with van der Waals surface area (Å²) in [6, 6.07) is 11.6. The van der Waals surface area contributed by atoms with Crippen LogP contribution in [0.5, 0.6) is 5.75 Å². The third-order valence-corrected chi connectivity index (χ3v) is 3.68. The molecule has 0 aliphatic rings. The number of hydrogen-bond acceptors (Lipinski definition) is 3. The molecule has 0 spiro atoms. The van der Waals surface area contributed by atoms with Crippen molar-refractivity contribution in [3.8, 4) is 5.75 Å². The zero-order valence-electron chi connectivity index (χ0n) is 12.3. The van der Waals surface area contributed by atoms with E-state index in [0.717, 1.165) is 5.56 Å². The van der Waals surface area contributed by atoms with Crippen molar-refractivity contribution in [1.29, 1.82) is 0 Å². The quantitative estimate of drug-likeness (QED) is 0.855. The highest BCUT2D eigenvalue weighted by Gasteiger charge is 2.20. The summed E-state index contributed by atoms with van der Waals surface area (Å²) in [5.74, 6) is -0.565. The number of benzene rings is 2. The minimum absolute atomic E-state index is 0.0117. The van der Waals surface area contributed by atoms with E-state index in [0.29, 0.717) is 18.6 Å². The Bertz CT molecular complexity index is 598. The van der Waals surface area contributed by atoms with Crippen LogP contribution >= 0.6 is 11.6 Å². The zero-order valence-corrected chi connectivity index (χ0v) is 13.1. The second-order valence-electron chi connectivity index (χ2n) is 5.03. The molecule has 0 saturated heterocycles. The number of rotatable bonds is 6. The van der Waals surface area contributed by atoms with Crippen LogP contribution in [0.15, 0.2) is 42.5 Å². The van der Waals surface area contributed by atoms with Crippen molar-refractivity contribution >= 4 is 11.6 Å². The molecule has 3 nitrogen and oxygen atoms in total. The number of ether oxygens (including phenoxy) is 1. The summed E-state index contributed by atoms with van der Waals surface area (Å²) in [6.45, 7) is 2.07. The van der Waals surface area contributed by atoms with Gasteiger partial charge in [0.15, 0.2) is 11.6 Å². The SMILES string of the molecule is CCOc1c(F)cc([C@@H](N)[C@@H](O)Cc2ccccc2)cc1Cl. The average molecular weight is 324 g/mol. The Labute approximate surface area is 134 Å². The predicted molar refractivity (Wildman–Crippen MR) is 85.7 cm³/mol. The van der Waals surface area contributed by atoms with E-state index in [-0.39, 0.29) is 10.8 Å². The van der Waals surface area contributed by atoms with Gasteiger partial charge < -0.3 is 15.6 Å². The summed E-state index contributed by atoms with van der Waals surface area (Å²) in [7, 11) is 0. The Kier molecular flexibility index (Phi) is 5.77. The molecule has 2 aromatic carbocycles. The van der Waals surface area contributed by atoms with Crippen LogP contribution in [0.2, 0.25) is 5.02 Å². The molecule has 3 N–H and O–H groups in total. The fraction of sp³-hybridized carbons (Fsp3) is 0.294. The molecular weight excluding hydrogens is 305 g/mol. The number of hydrogen-bond donors (Lipinski definition) is 2. The van der Waals surface area contributed by atoms with E-state index < -0.39 is 18.0 Å². The van der Waals surface area contributed by atoms with E-state index in [2.05, 4.69) is 0 Å². The van der Waals surface area contributed by atoms with Gasteiger partial charge in [0.25, 0.3) is 0 Å². The molecule has 0 aromatic heterocycles. The zero-order chi connectivity index (χ0) is 16.1. The van der Waals surface area contributed by atoms with Crippen LogP contribution in [0.25, 0.3) is 0 Å². The van der Waals surface area contributed by atoms with Crippen LogP contribution in [0, 0.1) is 5.82 Å². The second-order valence-corrected chi connectivity index (χ2v) is 5.44. The van der Waals surface area contributed by atoms with Gasteiger partial charge in [-0.2, -0.15) is 0 Å². The van der Waals surface area contributed by atoms with Crippen LogP contribution in [0.1, 0.15) is 24.1 Å². The Morgan fingerprint density at radius 3 is 2.55 bits per heavy atom. The molecule has 0 unspecified atom stereocenters. The van der Waals surface area contributed by atoms with Crippen LogP contribution < -0.4 is 10.5 Å². The lowest BCUT2D eigenvalue weighted by atomic mass is 9.96. The summed E-state index contributed by atoms with van der Waals surface area (Å²) in [6.07, 6.45) is -0.454. The normalized spacial score (nSPS) is 13.7. The molecule has 0 aliphatic carbocycles. The molecular formula is C17H19ClFNO2. The van der Waals surface area contributed by atoms with Gasteiger partial charge in [-0.15, -0.1) is 0 Å². The monoisotopic (exact) mass is 323 g/mol. The third kappa shape index (κ3) is 3.97. The Morgan fingerprint density at radius 2 is 1.95 bits per heavy atom. The van der Waals surface area contributed by atoms with Crippen molar-refractivity contribution in [3.05, 3.63) is 64.4 Å². The molecule has 22 heavy (non-hydrogen) atoms. The van der Waals surface area contributed by atoms with Gasteiger partial charge in [-0.1, -0.05) is 41.9 Å². The third-order valence-electron chi connectivity index (χ3n) is 3.40. The summed E-state index contributed by atoms with van der Waals surface area (Å²) in [5.41, 5.74) is 7.43. The molecule has 2 rings (SSSR count). The van der Waals surface area contributed by atoms with Crippen molar-refractivity contribution in [2.45, 2.75) is 25.5 Å². The lowest BCUT2D eigenvalue weighted by Gasteiger charge is -2.20. The largest absolute Gasteiger partial charge is 0.489 e. The molecule has 0 saturated carbocycles. The molecule has 0 heterocycles. The number of halogens is 2. The highest BCUT2D eigenvalue weighted by molar-refractivity contribution is 6.32. The van der Waals surface area contributed by atoms with Gasteiger partial charge in [0.05, 0.1) is 23.8 Å². The van der Waals surface area contributed by atoms with Gasteiger partial charge >= 0.3 is 0 Å². The van der Waals surface area contributed by atoms with Gasteiger partial charge in [0, 0.05) is 6.42 Å². The summed E-state index contributed by atoms with van der Waals surface area (Å²) < 4.78 is 19.1. The molecule has 0 fully saturated rings. The van der Waals surface area contributed by atoms with E-state index in [1.165, 1.54) is 12.1 Å². The smallest absolute Gasteiger partial charge is 0.173 e. The van der Waals surface area contributed by atoms with Crippen LogP contribution in [0.3, 0.4) is 0 Å². The first-order valence-corrected chi connectivity index (χ1v) is 7.50. The van der Waals surface area contributed by atoms with Gasteiger partial charge in [-0.25, -0.2) is 4.39 Å². The fourth-order valence-electron chi connectivity index (χ4n) is 2.26. The van der Waals surface area contributed by atoms with E-state index >= 15 is 0 Å². The molecule has 2 atom stereocenters. The van der Waals surface area contributed by atoms with E-state index in [4.69, 9.17) is 22.1 Å². The maximum atomic E-state index is 14.0. The Morgan fingerprint density at radius 1 is 1.27 bits per heavy atom. The van der Waals surface area contributed by atoms with Crippen molar-refractivity contribution < 1.29 is 14.2 Å². The predicted octanol–water partition coefficient (Wildman–Crippen LogP) is 3.48. The fourth-order valence-corrected chi connectivity index (χ4v) is 2.53. The summed E-state index contributed by atoms with van der Waals surface area (Å²) in [5, 5.41) is 10.4. The Balaban J connectivity index is 2.16. The van der Waals surface area contributed by atoms with Crippen LogP contribution in [0.4, 0.5) is 4.39 Å². The maximum Gasteiger partial charge on any atom is 0.173 e. The van der Waals surface area contributed by atoms with Crippen molar-refractivity contribution in [3.63, 3.8) is 0 Å². The van der Waals surface area contributed by atoms with Crippen LogP contribution in [-0.4, -0.2) is 17.8 Å². The number of aliphatic hydroxyl groups is 1. The standard InChI is InChI=1S/C17H19ClFNO2/c1-2-22-17-13(18)9-12(10-14(17)19)16(20)15(21)8-11-6-4-3-5-7-11/h3-7,9-10,15-16,21H,2,8,20H2,1H3/t15-,16+/m0/s1. The van der Waals surface area contributed by atoms with E-state index in [1.807, 2.05) is 30.3 Å². The molecule has 2 aromatic rings. The first-order chi connectivity index (χ1) is 10.5. The molecule has 0 bridgehead atoms. The second kappa shape index (κ2) is 7.58. The highest BCUT2D eigenvalue weighted by atomic mass is 35.5. The minimum Gasteiger partial charge on any atom is -0.489 e. The van der Waals surface area contributed by atoms with Crippen LogP contribution in [-0.2, 0) is 6.42 Å². The highest BCUT2D eigenvalue weighted by Crippen LogP contribution is 2.32. The van der Waals surface area contributed by atoms with E-state index in [1.54, 1.807) is 6.92 Å². The summed E-state index contributed by atoms with van der Waals surface area (Å²) in [4.78, 5) is 0. The van der Waals surface area contributed by atoms with Crippen molar-refractivity contribution in [1.82, 2.24) is 0 Å². The van der Waals surface area contributed by atoms with Gasteiger partial charge in [0.2, 0.25) is 0 Å². The average Bonchev–Trinajstić information content (AvgIpc) is 2.51. The summed E-state index contributed by atoms with van der Waals surface area (Å²) >= 11 is 6.02. The molecule has 0 aliphatic heterocycles. The van der Waals surface area contributed by atoms with Gasteiger partial charge in [-0.05, 0) is 30.2 Å². The lowest BCUT2D eigenvalue weighted by molar-refractivity contribution is 0.145. The maximum absolute atomic E-state index is 14.0. The van der Waals surface area contributed by atoms with Gasteiger partial charge in [-0.3, -0.25) is 0 Å². The lowest BCUT2D eigenvalue weighted by Crippen LogP contribution is -2.28. The topological polar surface area (TPSA) is 55.5 Å². The Hall–Kier alpha value is -1.62. The first kappa shape index (κ1) is 16.7. The van der Waals surface area contributed by atoms with E-state index in [9.17, 15) is 9.50 Å². The molecule has 0 amide bonds. The minimum atomic E-state index is -0.837. The molecule has 118 valence electrons. The first-order valence-electron chi connectivity index (χ1n) is 7.12. The molecule has 5 heteroatoms. The number of nitrogens with two attached hydrogens (primary N) is 1. The van der Waals surface area contributed by atoms with Crippen molar-refractivity contribution in [2.24, 2.45) is 5.73 Å². The molecule has 0 radical (unpaired) electrons. The van der Waals surface area contributed by atoms with Gasteiger partial charge in [0.1, 0.15) is 0 Å².